The Labute approximate surface area is 68.1 Å². The van der Waals surface area contributed by atoms with Gasteiger partial charge in [0.1, 0.15) is 12.0 Å². The maximum Gasteiger partial charge on any atom is 0.371 e. The van der Waals surface area contributed by atoms with E-state index in [9.17, 15) is 9.59 Å². The van der Waals surface area contributed by atoms with Gasteiger partial charge in [-0.1, -0.05) is 0 Å². The predicted octanol–water partition coefficient (Wildman–Crippen LogP) is 1.19. The molecule has 0 aromatic carbocycles. The lowest BCUT2D eigenvalue weighted by Crippen LogP contribution is -1.91. The Morgan fingerprint density at radius 1 is 1.50 bits per heavy atom. The molecule has 0 amide bonds. The zero-order valence-corrected chi connectivity index (χ0v) is 6.06. The van der Waals surface area contributed by atoms with Crippen LogP contribution in [0, 0.1) is 0 Å². The molecule has 0 aliphatic heterocycles. The molecule has 1 aromatic heterocycles. The fourth-order valence-corrected chi connectivity index (χ4v) is 0.691. The molecule has 0 spiro atoms. The second-order valence-electron chi connectivity index (χ2n) is 2.00. The van der Waals surface area contributed by atoms with Crippen molar-refractivity contribution in [1.82, 2.24) is 0 Å². The van der Waals surface area contributed by atoms with Crippen LogP contribution in [0.25, 0.3) is 6.08 Å². The second kappa shape index (κ2) is 3.52. The Bertz CT molecular complexity index is 322. The Kier molecular flexibility index (Phi) is 2.42. The van der Waals surface area contributed by atoms with Crippen LogP contribution in [0.1, 0.15) is 16.3 Å². The van der Waals surface area contributed by atoms with Crippen LogP contribution in [0.4, 0.5) is 0 Å². The van der Waals surface area contributed by atoms with Crippen molar-refractivity contribution in [2.24, 2.45) is 0 Å². The van der Waals surface area contributed by atoms with Gasteiger partial charge in [0.05, 0.1) is 0 Å². The minimum atomic E-state index is -1.12. The van der Waals surface area contributed by atoms with Crippen LogP contribution in [0.5, 0.6) is 0 Å². The number of allylic oxidation sites excluding steroid dienone is 1. The topological polar surface area (TPSA) is 67.5 Å². The summed E-state index contributed by atoms with van der Waals surface area (Å²) < 4.78 is 4.80. The van der Waals surface area contributed by atoms with Gasteiger partial charge in [0, 0.05) is 0 Å². The summed E-state index contributed by atoms with van der Waals surface area (Å²) in [5.41, 5.74) is 0. The van der Waals surface area contributed by atoms with E-state index in [1.165, 1.54) is 24.3 Å². The first-order valence-electron chi connectivity index (χ1n) is 3.19. The molecule has 0 fully saturated rings. The molecule has 0 radical (unpaired) electrons. The van der Waals surface area contributed by atoms with Gasteiger partial charge in [-0.3, -0.25) is 4.79 Å². The number of rotatable bonds is 3. The quantitative estimate of drug-likeness (QED) is 0.541. The van der Waals surface area contributed by atoms with Crippen LogP contribution >= 0.6 is 0 Å². The molecule has 0 atom stereocenters. The highest BCUT2D eigenvalue weighted by atomic mass is 16.4. The summed E-state index contributed by atoms with van der Waals surface area (Å²) in [6.07, 6.45) is 3.20. The summed E-state index contributed by atoms with van der Waals surface area (Å²) in [5.74, 6) is -0.916. The number of hydrogen-bond donors (Lipinski definition) is 1. The van der Waals surface area contributed by atoms with Gasteiger partial charge in [0.15, 0.2) is 0 Å². The fourth-order valence-electron chi connectivity index (χ4n) is 0.691. The standard InChI is InChI=1S/C8H6O4/c9-5-1-2-6-3-4-7(12-6)8(10)11/h1-5H,(H,10,11). The zero-order chi connectivity index (χ0) is 8.97. The molecule has 4 heteroatoms. The smallest absolute Gasteiger partial charge is 0.371 e. The average molecular weight is 166 g/mol. The molecule has 0 bridgehead atoms. The number of aldehydes is 1. The molecule has 0 saturated heterocycles. The Morgan fingerprint density at radius 3 is 2.75 bits per heavy atom. The van der Waals surface area contributed by atoms with Crippen LogP contribution in [0.2, 0.25) is 0 Å². The van der Waals surface area contributed by atoms with Crippen LogP contribution in [0.15, 0.2) is 22.6 Å². The highest BCUT2D eigenvalue weighted by molar-refractivity contribution is 5.84. The third-order valence-corrected chi connectivity index (χ3v) is 1.18. The number of carboxylic acids is 1. The van der Waals surface area contributed by atoms with Gasteiger partial charge >= 0.3 is 5.97 Å². The molecule has 0 saturated carbocycles. The third-order valence-electron chi connectivity index (χ3n) is 1.18. The van der Waals surface area contributed by atoms with Gasteiger partial charge in [-0.15, -0.1) is 0 Å². The monoisotopic (exact) mass is 166 g/mol. The van der Waals surface area contributed by atoms with Crippen molar-refractivity contribution < 1.29 is 19.1 Å². The van der Waals surface area contributed by atoms with E-state index in [1.807, 2.05) is 0 Å². The molecule has 1 heterocycles. The largest absolute Gasteiger partial charge is 0.475 e. The molecule has 1 rings (SSSR count). The molecule has 0 aliphatic carbocycles. The number of furan rings is 1. The molecule has 0 aliphatic rings. The first kappa shape index (κ1) is 8.26. The molecule has 4 nitrogen and oxygen atoms in total. The summed E-state index contributed by atoms with van der Waals surface area (Å²) in [6, 6.07) is 2.80. The van der Waals surface area contributed by atoms with E-state index in [-0.39, 0.29) is 5.76 Å². The Balaban J connectivity index is 2.84. The van der Waals surface area contributed by atoms with Gasteiger partial charge in [-0.2, -0.15) is 0 Å². The zero-order valence-electron chi connectivity index (χ0n) is 6.06. The lowest BCUT2D eigenvalue weighted by molar-refractivity contribution is -0.104. The van der Waals surface area contributed by atoms with Gasteiger partial charge < -0.3 is 9.52 Å². The van der Waals surface area contributed by atoms with Crippen molar-refractivity contribution in [1.29, 1.82) is 0 Å². The van der Waals surface area contributed by atoms with E-state index >= 15 is 0 Å². The highest BCUT2D eigenvalue weighted by Crippen LogP contribution is 2.08. The molecule has 62 valence electrons. The van der Waals surface area contributed by atoms with Crippen molar-refractivity contribution in [3.05, 3.63) is 29.7 Å². The van der Waals surface area contributed by atoms with Gasteiger partial charge in [0.2, 0.25) is 5.76 Å². The highest BCUT2D eigenvalue weighted by Gasteiger charge is 2.06. The van der Waals surface area contributed by atoms with Crippen molar-refractivity contribution in [2.45, 2.75) is 0 Å². The maximum absolute atomic E-state index is 10.3. The summed E-state index contributed by atoms with van der Waals surface area (Å²) in [6.45, 7) is 0. The summed E-state index contributed by atoms with van der Waals surface area (Å²) >= 11 is 0. The SMILES string of the molecule is O=CC=Cc1ccc(C(=O)O)o1. The van der Waals surface area contributed by atoms with Crippen LogP contribution < -0.4 is 0 Å². The number of carbonyl (C=O) groups excluding carboxylic acids is 1. The predicted molar refractivity (Wildman–Crippen MR) is 40.8 cm³/mol. The molecular formula is C8H6O4. The first-order chi connectivity index (χ1) is 5.74. The number of carboxylic acid groups (broad SMARTS) is 1. The van der Waals surface area contributed by atoms with Crippen LogP contribution in [-0.4, -0.2) is 17.4 Å². The van der Waals surface area contributed by atoms with E-state index < -0.39 is 5.97 Å². The molecule has 1 N–H and O–H groups in total. The van der Waals surface area contributed by atoms with E-state index in [4.69, 9.17) is 9.52 Å². The number of carbonyl (C=O) groups is 2. The van der Waals surface area contributed by atoms with E-state index in [1.54, 1.807) is 0 Å². The van der Waals surface area contributed by atoms with E-state index in [0.717, 1.165) is 0 Å². The van der Waals surface area contributed by atoms with Gasteiger partial charge in [-0.25, -0.2) is 4.79 Å². The van der Waals surface area contributed by atoms with Crippen molar-refractivity contribution in [2.75, 3.05) is 0 Å². The average Bonchev–Trinajstić information content (AvgIpc) is 2.48. The van der Waals surface area contributed by atoms with Crippen molar-refractivity contribution in [3.63, 3.8) is 0 Å². The molecule has 0 unspecified atom stereocenters. The Morgan fingerprint density at radius 2 is 2.25 bits per heavy atom. The van der Waals surface area contributed by atoms with Gasteiger partial charge in [0.25, 0.3) is 0 Å². The minimum Gasteiger partial charge on any atom is -0.475 e. The summed E-state index contributed by atoms with van der Waals surface area (Å²) in [7, 11) is 0. The number of hydrogen-bond acceptors (Lipinski definition) is 3. The summed E-state index contributed by atoms with van der Waals surface area (Å²) in [4.78, 5) is 20.2. The lowest BCUT2D eigenvalue weighted by Gasteiger charge is -1.83. The fraction of sp³-hybridized carbons (Fsp3) is 0. The van der Waals surface area contributed by atoms with Gasteiger partial charge in [-0.05, 0) is 24.3 Å². The first-order valence-corrected chi connectivity index (χ1v) is 3.19. The van der Waals surface area contributed by atoms with E-state index in [0.29, 0.717) is 12.0 Å². The Hall–Kier alpha value is -1.84. The molecular weight excluding hydrogens is 160 g/mol. The summed E-state index contributed by atoms with van der Waals surface area (Å²) in [5, 5.41) is 8.44. The number of aromatic carboxylic acids is 1. The van der Waals surface area contributed by atoms with Crippen molar-refractivity contribution in [3.8, 4) is 0 Å². The lowest BCUT2D eigenvalue weighted by atomic mass is 10.4. The van der Waals surface area contributed by atoms with Crippen LogP contribution in [-0.2, 0) is 4.79 Å². The molecule has 1 aromatic rings. The minimum absolute atomic E-state index is 0.138. The maximum atomic E-state index is 10.3. The molecule has 12 heavy (non-hydrogen) atoms. The van der Waals surface area contributed by atoms with E-state index in [2.05, 4.69) is 0 Å². The van der Waals surface area contributed by atoms with Crippen LogP contribution in [0.3, 0.4) is 0 Å². The van der Waals surface area contributed by atoms with Crippen molar-refractivity contribution >= 4 is 18.3 Å². The second-order valence-corrected chi connectivity index (χ2v) is 2.00. The normalized spacial score (nSPS) is 10.3. The third kappa shape index (κ3) is 1.82.